The number of ether oxygens (including phenoxy) is 2. The van der Waals surface area contributed by atoms with Crippen LogP contribution < -0.4 is 15.4 Å². The second-order valence-electron chi connectivity index (χ2n) is 5.44. The quantitative estimate of drug-likeness (QED) is 0.255. The lowest BCUT2D eigenvalue weighted by Crippen LogP contribution is -2.37. The lowest BCUT2D eigenvalue weighted by molar-refractivity contribution is 0.195. The third-order valence-electron chi connectivity index (χ3n) is 3.56. The van der Waals surface area contributed by atoms with Gasteiger partial charge in [-0.15, -0.1) is 24.0 Å². The number of aliphatic imine (C=N–C) groups is 1. The lowest BCUT2D eigenvalue weighted by atomic mass is 10.2. The van der Waals surface area contributed by atoms with Gasteiger partial charge >= 0.3 is 0 Å². The number of methoxy groups -OCH3 is 1. The van der Waals surface area contributed by atoms with E-state index in [2.05, 4.69) is 20.6 Å². The van der Waals surface area contributed by atoms with Crippen molar-refractivity contribution in [1.82, 2.24) is 15.6 Å². The van der Waals surface area contributed by atoms with Crippen molar-refractivity contribution in [2.75, 3.05) is 27.3 Å². The summed E-state index contributed by atoms with van der Waals surface area (Å²) < 4.78 is 10.9. The number of halogens is 1. The Morgan fingerprint density at radius 3 is 2.65 bits per heavy atom. The van der Waals surface area contributed by atoms with E-state index < -0.39 is 0 Å². The maximum atomic E-state index is 5.87. The fourth-order valence-electron chi connectivity index (χ4n) is 2.24. The number of rotatable bonds is 9. The Balaban J connectivity index is 0.00000338. The molecule has 6 nitrogen and oxygen atoms in total. The maximum absolute atomic E-state index is 5.87. The third-order valence-corrected chi connectivity index (χ3v) is 3.56. The Hall–Kier alpha value is -1.87. The number of guanidine groups is 1. The molecule has 1 heterocycles. The second kappa shape index (κ2) is 13.3. The molecule has 0 saturated carbocycles. The standard InChI is InChI=1S/C19H26N4O2.HI/c1-20-19(22-12-7-13-24-2)23-14-17-10-6-11-21-18(17)25-15-16-8-4-3-5-9-16;/h3-6,8-11H,7,12-15H2,1-2H3,(H2,20,22,23);1H. The van der Waals surface area contributed by atoms with Crippen LogP contribution in [-0.4, -0.2) is 38.3 Å². The van der Waals surface area contributed by atoms with Gasteiger partial charge in [-0.25, -0.2) is 4.98 Å². The number of nitrogens with zero attached hydrogens (tertiary/aromatic N) is 2. The molecule has 0 spiro atoms. The summed E-state index contributed by atoms with van der Waals surface area (Å²) in [5.74, 6) is 1.38. The van der Waals surface area contributed by atoms with Crippen LogP contribution >= 0.6 is 24.0 Å². The number of pyridine rings is 1. The molecule has 1 aromatic heterocycles. The third kappa shape index (κ3) is 8.01. The van der Waals surface area contributed by atoms with Crippen LogP contribution in [0.4, 0.5) is 0 Å². The van der Waals surface area contributed by atoms with Gasteiger partial charge in [0.2, 0.25) is 5.88 Å². The Bertz CT molecular complexity index is 653. The van der Waals surface area contributed by atoms with Crippen molar-refractivity contribution < 1.29 is 9.47 Å². The Labute approximate surface area is 172 Å². The van der Waals surface area contributed by atoms with Crippen LogP contribution in [0.5, 0.6) is 5.88 Å². The average Bonchev–Trinajstić information content (AvgIpc) is 2.67. The molecule has 0 fully saturated rings. The molecule has 0 radical (unpaired) electrons. The molecule has 2 N–H and O–H groups in total. The predicted octanol–water partition coefficient (Wildman–Crippen LogP) is 2.98. The molecule has 0 aliphatic heterocycles. The van der Waals surface area contributed by atoms with Gasteiger partial charge in [0.05, 0.1) is 0 Å². The second-order valence-corrected chi connectivity index (χ2v) is 5.44. The summed E-state index contributed by atoms with van der Waals surface area (Å²) in [6, 6.07) is 14.0. The van der Waals surface area contributed by atoms with Crippen LogP contribution in [0.3, 0.4) is 0 Å². The summed E-state index contributed by atoms with van der Waals surface area (Å²) in [5, 5.41) is 6.53. The molecule has 26 heavy (non-hydrogen) atoms. The summed E-state index contributed by atoms with van der Waals surface area (Å²) in [6.45, 7) is 2.61. The van der Waals surface area contributed by atoms with Gasteiger partial charge in [0, 0.05) is 45.6 Å². The molecule has 0 aliphatic carbocycles. The van der Waals surface area contributed by atoms with Gasteiger partial charge < -0.3 is 20.1 Å². The van der Waals surface area contributed by atoms with E-state index in [4.69, 9.17) is 9.47 Å². The highest BCUT2D eigenvalue weighted by Crippen LogP contribution is 2.15. The first-order valence-corrected chi connectivity index (χ1v) is 8.37. The molecular formula is C19H27IN4O2. The van der Waals surface area contributed by atoms with Gasteiger partial charge in [0.15, 0.2) is 5.96 Å². The Morgan fingerprint density at radius 2 is 1.92 bits per heavy atom. The number of hydrogen-bond donors (Lipinski definition) is 2. The van der Waals surface area contributed by atoms with Gasteiger partial charge in [-0.2, -0.15) is 0 Å². The van der Waals surface area contributed by atoms with Crippen LogP contribution in [0.15, 0.2) is 53.7 Å². The summed E-state index contributed by atoms with van der Waals surface area (Å²) in [5.41, 5.74) is 2.10. The minimum Gasteiger partial charge on any atom is -0.473 e. The number of hydrogen-bond acceptors (Lipinski definition) is 4. The molecule has 7 heteroatoms. The molecule has 0 amide bonds. The molecule has 0 bridgehead atoms. The van der Waals surface area contributed by atoms with Crippen molar-refractivity contribution >= 4 is 29.9 Å². The van der Waals surface area contributed by atoms with Crippen molar-refractivity contribution in [3.8, 4) is 5.88 Å². The van der Waals surface area contributed by atoms with E-state index in [0.717, 1.165) is 36.7 Å². The predicted molar refractivity (Wildman–Crippen MR) is 115 cm³/mol. The Morgan fingerprint density at radius 1 is 1.12 bits per heavy atom. The molecule has 0 unspecified atom stereocenters. The van der Waals surface area contributed by atoms with Crippen LogP contribution in [0.25, 0.3) is 0 Å². The van der Waals surface area contributed by atoms with Gasteiger partial charge in [-0.1, -0.05) is 36.4 Å². The van der Waals surface area contributed by atoms with E-state index in [1.165, 1.54) is 0 Å². The first-order valence-electron chi connectivity index (χ1n) is 8.37. The molecule has 2 rings (SSSR count). The molecule has 0 saturated heterocycles. The fourth-order valence-corrected chi connectivity index (χ4v) is 2.24. The van der Waals surface area contributed by atoms with Crippen LogP contribution in [0, 0.1) is 0 Å². The van der Waals surface area contributed by atoms with Crippen molar-refractivity contribution in [3.63, 3.8) is 0 Å². The topological polar surface area (TPSA) is 67.8 Å². The summed E-state index contributed by atoms with van der Waals surface area (Å²) in [6.07, 6.45) is 2.66. The number of aromatic nitrogens is 1. The van der Waals surface area contributed by atoms with Crippen LogP contribution in [-0.2, 0) is 17.9 Å². The molecular weight excluding hydrogens is 443 g/mol. The summed E-state index contributed by atoms with van der Waals surface area (Å²) in [7, 11) is 3.45. The van der Waals surface area contributed by atoms with Crippen molar-refractivity contribution in [2.24, 2.45) is 4.99 Å². The smallest absolute Gasteiger partial charge is 0.218 e. The van der Waals surface area contributed by atoms with Gasteiger partial charge in [0.25, 0.3) is 0 Å². The van der Waals surface area contributed by atoms with E-state index >= 15 is 0 Å². The van der Waals surface area contributed by atoms with Gasteiger partial charge in [0.1, 0.15) is 6.61 Å². The zero-order chi connectivity index (χ0) is 17.7. The highest BCUT2D eigenvalue weighted by Gasteiger charge is 2.06. The maximum Gasteiger partial charge on any atom is 0.218 e. The monoisotopic (exact) mass is 470 g/mol. The molecule has 142 valence electrons. The van der Waals surface area contributed by atoms with Gasteiger partial charge in [-0.05, 0) is 18.1 Å². The van der Waals surface area contributed by atoms with Gasteiger partial charge in [-0.3, -0.25) is 4.99 Å². The highest BCUT2D eigenvalue weighted by atomic mass is 127. The molecule has 2 aromatic rings. The number of benzene rings is 1. The minimum atomic E-state index is 0. The molecule has 1 aromatic carbocycles. The first kappa shape index (κ1) is 22.2. The highest BCUT2D eigenvalue weighted by molar-refractivity contribution is 14.0. The lowest BCUT2D eigenvalue weighted by Gasteiger charge is -2.14. The van der Waals surface area contributed by atoms with Crippen molar-refractivity contribution in [2.45, 2.75) is 19.6 Å². The van der Waals surface area contributed by atoms with Crippen LogP contribution in [0.2, 0.25) is 0 Å². The van der Waals surface area contributed by atoms with E-state index in [1.807, 2.05) is 42.5 Å². The zero-order valence-electron chi connectivity index (χ0n) is 15.3. The van der Waals surface area contributed by atoms with E-state index in [-0.39, 0.29) is 24.0 Å². The van der Waals surface area contributed by atoms with Crippen LogP contribution in [0.1, 0.15) is 17.5 Å². The summed E-state index contributed by atoms with van der Waals surface area (Å²) >= 11 is 0. The normalized spacial score (nSPS) is 10.8. The van der Waals surface area contributed by atoms with Crippen molar-refractivity contribution in [3.05, 3.63) is 59.8 Å². The average molecular weight is 470 g/mol. The van der Waals surface area contributed by atoms with E-state index in [9.17, 15) is 0 Å². The van der Waals surface area contributed by atoms with E-state index in [0.29, 0.717) is 19.0 Å². The molecule has 0 aliphatic rings. The first-order chi connectivity index (χ1) is 12.3. The largest absolute Gasteiger partial charge is 0.473 e. The number of nitrogens with one attached hydrogen (secondary N) is 2. The minimum absolute atomic E-state index is 0. The SMILES string of the molecule is CN=C(NCCCOC)NCc1cccnc1OCc1ccccc1.I. The Kier molecular flexibility index (Phi) is 11.4. The fraction of sp³-hybridized carbons (Fsp3) is 0.368. The van der Waals surface area contributed by atoms with E-state index in [1.54, 1.807) is 20.4 Å². The summed E-state index contributed by atoms with van der Waals surface area (Å²) in [4.78, 5) is 8.56. The molecule has 0 atom stereocenters. The zero-order valence-corrected chi connectivity index (χ0v) is 17.6. The van der Waals surface area contributed by atoms with Crippen molar-refractivity contribution in [1.29, 1.82) is 0 Å².